The number of hydrogen-bond donors (Lipinski definition) is 1. The second kappa shape index (κ2) is 9.23. The van der Waals surface area contributed by atoms with Gasteiger partial charge in [0.1, 0.15) is 18.5 Å². The van der Waals surface area contributed by atoms with Crippen molar-refractivity contribution in [3.63, 3.8) is 0 Å². The molecule has 5 aromatic rings. The molecule has 0 atom stereocenters. The number of hydrogen-bond acceptors (Lipinski definition) is 3. The molecule has 4 nitrogen and oxygen atoms in total. The van der Waals surface area contributed by atoms with Gasteiger partial charge in [-0.1, -0.05) is 65.7 Å². The fourth-order valence-corrected chi connectivity index (χ4v) is 4.47. The number of nitrogens with one attached hydrogen (secondary N) is 1. The van der Waals surface area contributed by atoms with Crippen molar-refractivity contribution in [3.05, 3.63) is 105 Å². The summed E-state index contributed by atoms with van der Waals surface area (Å²) in [6, 6.07) is 25.9. The van der Waals surface area contributed by atoms with Crippen LogP contribution in [0.3, 0.4) is 0 Å². The highest BCUT2D eigenvalue weighted by molar-refractivity contribution is 6.37. The summed E-state index contributed by atoms with van der Waals surface area (Å²) in [5, 5.41) is 12.8. The van der Waals surface area contributed by atoms with E-state index in [1.165, 1.54) is 5.39 Å². The summed E-state index contributed by atoms with van der Waals surface area (Å²) in [5.74, 6) is 0.901. The fourth-order valence-electron chi connectivity index (χ4n) is 3.86. The molecule has 0 saturated heterocycles. The minimum atomic E-state index is 0.335. The van der Waals surface area contributed by atoms with Crippen LogP contribution in [-0.4, -0.2) is 9.97 Å². The minimum Gasteiger partial charge on any atom is -0.486 e. The lowest BCUT2D eigenvalue weighted by Gasteiger charge is -2.12. The Morgan fingerprint density at radius 2 is 1.76 bits per heavy atom. The third-order valence-corrected chi connectivity index (χ3v) is 6.10. The smallest absolute Gasteiger partial charge is 0.157 e. The topological polar surface area (TPSA) is 61.7 Å². The molecule has 34 heavy (non-hydrogen) atoms. The van der Waals surface area contributed by atoms with Crippen molar-refractivity contribution in [2.45, 2.75) is 13.5 Å². The Kier molecular flexibility index (Phi) is 5.98. The Bertz CT molecular complexity index is 1590. The molecule has 0 saturated carbocycles. The molecular formula is C28H19Cl2N3O. The number of benzene rings is 4. The summed E-state index contributed by atoms with van der Waals surface area (Å²) < 4.78 is 5.96. The van der Waals surface area contributed by atoms with Crippen LogP contribution in [-0.2, 0) is 6.61 Å². The maximum absolute atomic E-state index is 9.73. The van der Waals surface area contributed by atoms with Gasteiger partial charge in [-0.25, -0.2) is 4.98 Å². The normalized spacial score (nSPS) is 11.6. The fraction of sp³-hybridized carbons (Fsp3) is 0.0714. The van der Waals surface area contributed by atoms with Crippen LogP contribution in [0.4, 0.5) is 0 Å². The lowest BCUT2D eigenvalue weighted by atomic mass is 10.1. The van der Waals surface area contributed by atoms with Gasteiger partial charge >= 0.3 is 0 Å². The maximum atomic E-state index is 9.73. The number of nitrogens with zero attached hydrogens (tertiary/aromatic N) is 2. The van der Waals surface area contributed by atoms with Gasteiger partial charge in [0.25, 0.3) is 0 Å². The molecule has 0 fully saturated rings. The third-order valence-electron chi connectivity index (χ3n) is 5.54. The molecule has 0 bridgehead atoms. The van der Waals surface area contributed by atoms with Crippen LogP contribution in [0.15, 0.2) is 72.8 Å². The number of ether oxygens (including phenoxy) is 1. The summed E-state index contributed by atoms with van der Waals surface area (Å²) in [7, 11) is 0. The molecule has 0 aliphatic heterocycles. The number of aryl methyl sites for hydroxylation is 1. The average molecular weight is 484 g/mol. The first kappa shape index (κ1) is 22.0. The SMILES string of the molecule is Cc1ccc2nc(/C(C#N)=C\c3cc(Cl)c(OCc4ccc5ccccc5c4)c(Cl)c3)[nH]c2c1. The second-order valence-electron chi connectivity index (χ2n) is 8.06. The number of H-pyrrole nitrogens is 1. The zero-order valence-electron chi connectivity index (χ0n) is 18.3. The van der Waals surface area contributed by atoms with Crippen LogP contribution >= 0.6 is 23.2 Å². The molecule has 0 amide bonds. The lowest BCUT2D eigenvalue weighted by Crippen LogP contribution is -1.97. The Morgan fingerprint density at radius 1 is 1.00 bits per heavy atom. The zero-order valence-corrected chi connectivity index (χ0v) is 19.8. The van der Waals surface area contributed by atoms with E-state index in [1.807, 2.05) is 43.3 Å². The van der Waals surface area contributed by atoms with Gasteiger partial charge in [-0.2, -0.15) is 5.26 Å². The number of imidazole rings is 1. The van der Waals surface area contributed by atoms with Crippen molar-refractivity contribution in [1.29, 1.82) is 5.26 Å². The highest BCUT2D eigenvalue weighted by Crippen LogP contribution is 2.36. The summed E-state index contributed by atoms with van der Waals surface area (Å²) in [6.07, 6.45) is 1.70. The maximum Gasteiger partial charge on any atom is 0.157 e. The van der Waals surface area contributed by atoms with Gasteiger partial charge < -0.3 is 9.72 Å². The van der Waals surface area contributed by atoms with E-state index >= 15 is 0 Å². The molecule has 5 rings (SSSR count). The quantitative estimate of drug-likeness (QED) is 0.257. The van der Waals surface area contributed by atoms with E-state index in [1.54, 1.807) is 18.2 Å². The lowest BCUT2D eigenvalue weighted by molar-refractivity contribution is 0.307. The van der Waals surface area contributed by atoms with Gasteiger partial charge in [0, 0.05) is 0 Å². The van der Waals surface area contributed by atoms with Gasteiger partial charge in [-0.05, 0) is 70.8 Å². The van der Waals surface area contributed by atoms with Crippen LogP contribution in [0.2, 0.25) is 10.0 Å². The number of aromatic nitrogens is 2. The Labute approximate surface area is 207 Å². The van der Waals surface area contributed by atoms with Crippen LogP contribution in [0.5, 0.6) is 5.75 Å². The van der Waals surface area contributed by atoms with Crippen molar-refractivity contribution in [2.75, 3.05) is 0 Å². The number of fused-ring (bicyclic) bond motifs is 2. The van der Waals surface area contributed by atoms with E-state index in [4.69, 9.17) is 27.9 Å². The molecule has 166 valence electrons. The van der Waals surface area contributed by atoms with E-state index in [-0.39, 0.29) is 0 Å². The van der Waals surface area contributed by atoms with Gasteiger partial charge in [-0.15, -0.1) is 0 Å². The molecule has 6 heteroatoms. The third kappa shape index (κ3) is 4.49. The van der Waals surface area contributed by atoms with Crippen LogP contribution in [0, 0.1) is 18.3 Å². The van der Waals surface area contributed by atoms with Crippen molar-refractivity contribution >= 4 is 56.7 Å². The first-order valence-corrected chi connectivity index (χ1v) is 11.4. The molecule has 0 aliphatic carbocycles. The zero-order chi connectivity index (χ0) is 23.7. The summed E-state index contributed by atoms with van der Waals surface area (Å²) in [5.41, 5.74) is 4.87. The summed E-state index contributed by atoms with van der Waals surface area (Å²) >= 11 is 13.0. The minimum absolute atomic E-state index is 0.335. The number of nitriles is 1. The molecule has 0 unspecified atom stereocenters. The predicted octanol–water partition coefficient (Wildman–Crippen LogP) is 7.97. The summed E-state index contributed by atoms with van der Waals surface area (Å²) in [6.45, 7) is 2.34. The van der Waals surface area contributed by atoms with E-state index in [0.717, 1.165) is 27.5 Å². The largest absolute Gasteiger partial charge is 0.486 e. The van der Waals surface area contributed by atoms with Crippen LogP contribution < -0.4 is 4.74 Å². The van der Waals surface area contributed by atoms with Crippen molar-refractivity contribution < 1.29 is 4.74 Å². The number of aromatic amines is 1. The van der Waals surface area contributed by atoms with E-state index in [9.17, 15) is 5.26 Å². The summed E-state index contributed by atoms with van der Waals surface area (Å²) in [4.78, 5) is 7.74. The molecule has 1 heterocycles. The van der Waals surface area contributed by atoms with Crippen LogP contribution in [0.1, 0.15) is 22.5 Å². The number of rotatable bonds is 5. The van der Waals surface area contributed by atoms with Gasteiger partial charge in [-0.3, -0.25) is 0 Å². The second-order valence-corrected chi connectivity index (χ2v) is 8.87. The molecular weight excluding hydrogens is 465 g/mol. The molecule has 1 aromatic heterocycles. The molecule has 1 N–H and O–H groups in total. The first-order chi connectivity index (χ1) is 16.5. The van der Waals surface area contributed by atoms with Gasteiger partial charge in [0.15, 0.2) is 5.75 Å². The number of halogens is 2. The Balaban J connectivity index is 1.39. The molecule has 0 spiro atoms. The van der Waals surface area contributed by atoms with Gasteiger partial charge in [0.2, 0.25) is 0 Å². The Hall–Kier alpha value is -3.78. The predicted molar refractivity (Wildman–Crippen MR) is 139 cm³/mol. The van der Waals surface area contributed by atoms with Crippen LogP contribution in [0.25, 0.3) is 33.5 Å². The molecule has 0 aliphatic rings. The highest BCUT2D eigenvalue weighted by atomic mass is 35.5. The van der Waals surface area contributed by atoms with Crippen molar-refractivity contribution in [2.24, 2.45) is 0 Å². The first-order valence-electron chi connectivity index (χ1n) is 10.7. The average Bonchev–Trinajstić information content (AvgIpc) is 3.25. The van der Waals surface area contributed by atoms with E-state index < -0.39 is 0 Å². The molecule has 0 radical (unpaired) electrons. The van der Waals surface area contributed by atoms with Crippen molar-refractivity contribution in [1.82, 2.24) is 9.97 Å². The highest BCUT2D eigenvalue weighted by Gasteiger charge is 2.13. The van der Waals surface area contributed by atoms with Crippen molar-refractivity contribution in [3.8, 4) is 11.8 Å². The Morgan fingerprint density at radius 3 is 2.53 bits per heavy atom. The van der Waals surface area contributed by atoms with Gasteiger partial charge in [0.05, 0.1) is 26.7 Å². The monoisotopic (exact) mass is 483 g/mol. The molecule has 4 aromatic carbocycles. The standard InChI is InChI=1S/C28H19Cl2N3O/c1-17-6-9-25-26(10-17)33-28(32-25)22(15-31)12-19-13-23(29)27(24(30)14-19)34-16-18-7-8-20-4-2-3-5-21(20)11-18/h2-14H,16H2,1H3,(H,32,33)/b22-12-. The van der Waals surface area contributed by atoms with E-state index in [0.29, 0.717) is 39.4 Å². The van der Waals surface area contributed by atoms with E-state index in [2.05, 4.69) is 40.3 Å². The number of allylic oxidation sites excluding steroid dienone is 1.